The van der Waals surface area contributed by atoms with E-state index in [1.807, 2.05) is 14.0 Å². The molecule has 0 saturated heterocycles. The van der Waals surface area contributed by atoms with E-state index in [-0.39, 0.29) is 11.5 Å². The highest BCUT2D eigenvalue weighted by Gasteiger charge is 2.10. The van der Waals surface area contributed by atoms with Gasteiger partial charge < -0.3 is 14.4 Å². The third-order valence-electron chi connectivity index (χ3n) is 1.83. The van der Waals surface area contributed by atoms with Gasteiger partial charge in [0.25, 0.3) is 0 Å². The molecule has 0 saturated carbocycles. The number of hydrogen-bond donors (Lipinski definition) is 0. The SMILES string of the molecule is COCC(Cl)CN(C)CC(C)OC. The van der Waals surface area contributed by atoms with Crippen molar-refractivity contribution in [2.75, 3.05) is 41.0 Å². The van der Waals surface area contributed by atoms with Crippen LogP contribution in [0.3, 0.4) is 0 Å². The molecule has 2 atom stereocenters. The highest BCUT2D eigenvalue weighted by atomic mass is 35.5. The van der Waals surface area contributed by atoms with Crippen LogP contribution in [0.2, 0.25) is 0 Å². The van der Waals surface area contributed by atoms with Crippen molar-refractivity contribution >= 4 is 11.6 Å². The van der Waals surface area contributed by atoms with Crippen molar-refractivity contribution in [3.63, 3.8) is 0 Å². The molecule has 0 rings (SSSR count). The Hall–Kier alpha value is 0.170. The van der Waals surface area contributed by atoms with Crippen LogP contribution in [0.25, 0.3) is 0 Å². The van der Waals surface area contributed by atoms with Crippen LogP contribution in [0, 0.1) is 0 Å². The Kier molecular flexibility index (Phi) is 7.66. The van der Waals surface area contributed by atoms with E-state index in [0.29, 0.717) is 6.61 Å². The fourth-order valence-corrected chi connectivity index (χ4v) is 1.52. The maximum Gasteiger partial charge on any atom is 0.0696 e. The van der Waals surface area contributed by atoms with Gasteiger partial charge in [0.05, 0.1) is 18.1 Å². The smallest absolute Gasteiger partial charge is 0.0696 e. The molecule has 3 nitrogen and oxygen atoms in total. The van der Waals surface area contributed by atoms with Gasteiger partial charge in [-0.15, -0.1) is 11.6 Å². The van der Waals surface area contributed by atoms with Gasteiger partial charge in [0.1, 0.15) is 0 Å². The summed E-state index contributed by atoms with van der Waals surface area (Å²) in [7, 11) is 5.40. The third kappa shape index (κ3) is 7.26. The lowest BCUT2D eigenvalue weighted by atomic mass is 10.3. The first-order valence-corrected chi connectivity index (χ1v) is 4.88. The maximum absolute atomic E-state index is 5.99. The normalized spacial score (nSPS) is 16.2. The van der Waals surface area contributed by atoms with Crippen molar-refractivity contribution in [3.05, 3.63) is 0 Å². The average Bonchev–Trinajstić information content (AvgIpc) is 2.04. The quantitative estimate of drug-likeness (QED) is 0.589. The first-order valence-electron chi connectivity index (χ1n) is 4.44. The topological polar surface area (TPSA) is 21.7 Å². The molecule has 0 aromatic carbocycles. The molecule has 13 heavy (non-hydrogen) atoms. The Balaban J connectivity index is 3.54. The van der Waals surface area contributed by atoms with Crippen molar-refractivity contribution in [2.45, 2.75) is 18.4 Å². The predicted octanol–water partition coefficient (Wildman–Crippen LogP) is 1.21. The molecule has 0 fully saturated rings. The molecule has 4 heteroatoms. The summed E-state index contributed by atoms with van der Waals surface area (Å²) in [5.74, 6) is 0. The molecule has 0 aliphatic carbocycles. The number of methoxy groups -OCH3 is 2. The van der Waals surface area contributed by atoms with Crippen LogP contribution in [-0.4, -0.2) is 57.3 Å². The largest absolute Gasteiger partial charge is 0.383 e. The zero-order valence-corrected chi connectivity index (χ0v) is 9.67. The van der Waals surface area contributed by atoms with Gasteiger partial charge in [-0.25, -0.2) is 0 Å². The Bertz CT molecular complexity index is 124. The van der Waals surface area contributed by atoms with Gasteiger partial charge in [0.15, 0.2) is 0 Å². The monoisotopic (exact) mass is 209 g/mol. The third-order valence-corrected chi connectivity index (χ3v) is 2.09. The zero-order chi connectivity index (χ0) is 10.3. The van der Waals surface area contributed by atoms with Gasteiger partial charge in [-0.2, -0.15) is 0 Å². The van der Waals surface area contributed by atoms with Crippen molar-refractivity contribution < 1.29 is 9.47 Å². The Morgan fingerprint density at radius 3 is 2.38 bits per heavy atom. The zero-order valence-electron chi connectivity index (χ0n) is 8.92. The van der Waals surface area contributed by atoms with E-state index in [2.05, 4.69) is 4.90 Å². The second kappa shape index (κ2) is 7.56. The molecule has 0 amide bonds. The van der Waals surface area contributed by atoms with Crippen LogP contribution in [0.5, 0.6) is 0 Å². The number of rotatable bonds is 7. The van der Waals surface area contributed by atoms with Gasteiger partial charge in [0.2, 0.25) is 0 Å². The van der Waals surface area contributed by atoms with E-state index in [4.69, 9.17) is 21.1 Å². The minimum absolute atomic E-state index is 0.0547. The minimum Gasteiger partial charge on any atom is -0.383 e. The van der Waals surface area contributed by atoms with Crippen molar-refractivity contribution in [1.29, 1.82) is 0 Å². The Morgan fingerprint density at radius 2 is 1.92 bits per heavy atom. The minimum atomic E-state index is 0.0547. The standard InChI is InChI=1S/C9H20ClNO2/c1-8(13-4)5-11(2)6-9(10)7-12-3/h8-9H,5-7H2,1-4H3. The predicted molar refractivity (Wildman–Crippen MR) is 55.5 cm³/mol. The van der Waals surface area contributed by atoms with Gasteiger partial charge in [-0.05, 0) is 14.0 Å². The van der Waals surface area contributed by atoms with E-state index >= 15 is 0 Å². The highest BCUT2D eigenvalue weighted by Crippen LogP contribution is 2.00. The molecule has 0 aliphatic heterocycles. The molecule has 0 aromatic heterocycles. The average molecular weight is 210 g/mol. The molecule has 0 aliphatic rings. The molecule has 2 unspecified atom stereocenters. The summed E-state index contributed by atoms with van der Waals surface area (Å²) in [6, 6.07) is 0. The van der Waals surface area contributed by atoms with Crippen LogP contribution in [0.1, 0.15) is 6.92 Å². The molecular formula is C9H20ClNO2. The fraction of sp³-hybridized carbons (Fsp3) is 1.00. The van der Waals surface area contributed by atoms with Crippen molar-refractivity contribution in [1.82, 2.24) is 4.90 Å². The van der Waals surface area contributed by atoms with Gasteiger partial charge in [-0.3, -0.25) is 0 Å². The first kappa shape index (κ1) is 13.2. The summed E-state index contributed by atoms with van der Waals surface area (Å²) >= 11 is 5.99. The number of nitrogens with zero attached hydrogens (tertiary/aromatic N) is 1. The van der Waals surface area contributed by atoms with E-state index in [1.54, 1.807) is 14.2 Å². The molecule has 0 radical (unpaired) electrons. The summed E-state index contributed by atoms with van der Waals surface area (Å²) in [6.07, 6.45) is 0.247. The summed E-state index contributed by atoms with van der Waals surface area (Å²) in [4.78, 5) is 2.14. The molecule has 80 valence electrons. The van der Waals surface area contributed by atoms with Crippen molar-refractivity contribution in [2.24, 2.45) is 0 Å². The number of alkyl halides is 1. The fourth-order valence-electron chi connectivity index (χ4n) is 1.16. The number of ether oxygens (including phenoxy) is 2. The summed E-state index contributed by atoms with van der Waals surface area (Å²) in [5, 5.41) is 0.0547. The molecule has 0 spiro atoms. The molecule has 0 N–H and O–H groups in total. The molecular weight excluding hydrogens is 190 g/mol. The summed E-state index contributed by atoms with van der Waals surface area (Å²) in [6.45, 7) is 4.34. The highest BCUT2D eigenvalue weighted by molar-refractivity contribution is 6.20. The van der Waals surface area contributed by atoms with E-state index in [1.165, 1.54) is 0 Å². The molecule has 0 heterocycles. The lowest BCUT2D eigenvalue weighted by Gasteiger charge is -2.22. The lowest BCUT2D eigenvalue weighted by molar-refractivity contribution is 0.0826. The van der Waals surface area contributed by atoms with E-state index < -0.39 is 0 Å². The van der Waals surface area contributed by atoms with Crippen LogP contribution in [-0.2, 0) is 9.47 Å². The Morgan fingerprint density at radius 1 is 1.31 bits per heavy atom. The first-order chi connectivity index (χ1) is 6.10. The van der Waals surface area contributed by atoms with Gasteiger partial charge in [-0.1, -0.05) is 0 Å². The number of halogens is 1. The summed E-state index contributed by atoms with van der Waals surface area (Å²) < 4.78 is 10.1. The van der Waals surface area contributed by atoms with E-state index in [0.717, 1.165) is 13.1 Å². The second-order valence-electron chi connectivity index (χ2n) is 3.32. The van der Waals surface area contributed by atoms with Crippen LogP contribution in [0.4, 0.5) is 0 Å². The van der Waals surface area contributed by atoms with E-state index in [9.17, 15) is 0 Å². The maximum atomic E-state index is 5.99. The lowest BCUT2D eigenvalue weighted by Crippen LogP contribution is -2.34. The molecule has 0 aromatic rings. The number of hydrogen-bond acceptors (Lipinski definition) is 3. The van der Waals surface area contributed by atoms with Crippen molar-refractivity contribution in [3.8, 4) is 0 Å². The second-order valence-corrected chi connectivity index (χ2v) is 3.94. The molecule has 0 bridgehead atoms. The van der Waals surface area contributed by atoms with Crippen LogP contribution in [0.15, 0.2) is 0 Å². The Labute approximate surface area is 85.9 Å². The van der Waals surface area contributed by atoms with Crippen LogP contribution < -0.4 is 0 Å². The van der Waals surface area contributed by atoms with Gasteiger partial charge >= 0.3 is 0 Å². The van der Waals surface area contributed by atoms with Crippen LogP contribution >= 0.6 is 11.6 Å². The summed E-state index contributed by atoms with van der Waals surface area (Å²) in [5.41, 5.74) is 0. The van der Waals surface area contributed by atoms with Gasteiger partial charge in [0, 0.05) is 27.3 Å². The number of likely N-dealkylation sites (N-methyl/N-ethyl adjacent to an activating group) is 1.